The number of hydrogen-bond donors (Lipinski definition) is 1. The van der Waals surface area contributed by atoms with Crippen LogP contribution in [0.3, 0.4) is 0 Å². The first kappa shape index (κ1) is 21.6. The molecule has 1 heterocycles. The van der Waals surface area contributed by atoms with Gasteiger partial charge in [0, 0.05) is 38.4 Å². The summed E-state index contributed by atoms with van der Waals surface area (Å²) in [5.74, 6) is 3.28. The Bertz CT molecular complexity index is 831. The quantitative estimate of drug-likeness (QED) is 0.557. The summed E-state index contributed by atoms with van der Waals surface area (Å²) in [6, 6.07) is 14.2. The Kier molecular flexibility index (Phi) is 7.65. The molecule has 3 rings (SSSR count). The first-order valence-electron chi connectivity index (χ1n) is 10.3. The summed E-state index contributed by atoms with van der Waals surface area (Å²) in [4.78, 5) is 9.58. The zero-order valence-electron chi connectivity index (χ0n) is 18.4. The highest BCUT2D eigenvalue weighted by atomic mass is 16.5. The predicted octanol–water partition coefficient (Wildman–Crippen LogP) is 3.00. The maximum absolute atomic E-state index is 5.40. The van der Waals surface area contributed by atoms with E-state index in [2.05, 4.69) is 34.2 Å². The van der Waals surface area contributed by atoms with E-state index in [0.29, 0.717) is 6.54 Å². The van der Waals surface area contributed by atoms with E-state index in [-0.39, 0.29) is 0 Å². The number of nitrogens with zero attached hydrogens (tertiary/aromatic N) is 3. The first-order valence-corrected chi connectivity index (χ1v) is 10.3. The summed E-state index contributed by atoms with van der Waals surface area (Å²) in [6.07, 6.45) is 0. The average Bonchev–Trinajstić information content (AvgIpc) is 2.81. The maximum atomic E-state index is 5.40. The van der Waals surface area contributed by atoms with E-state index in [1.807, 2.05) is 30.3 Å². The number of nitrogens with one attached hydrogen (secondary N) is 1. The molecule has 0 aliphatic carbocycles. The van der Waals surface area contributed by atoms with Crippen molar-refractivity contribution < 1.29 is 14.2 Å². The molecule has 7 nitrogen and oxygen atoms in total. The van der Waals surface area contributed by atoms with E-state index in [4.69, 9.17) is 19.2 Å². The molecule has 0 unspecified atom stereocenters. The zero-order chi connectivity index (χ0) is 21.3. The molecule has 1 fully saturated rings. The highest BCUT2D eigenvalue weighted by Crippen LogP contribution is 2.28. The molecule has 1 saturated heterocycles. The van der Waals surface area contributed by atoms with Gasteiger partial charge in [-0.3, -0.25) is 0 Å². The standard InChI is InChI=1S/C23H32N4O3/c1-5-24-23(25-17-18-6-11-21(29-3)22(16-18)30-4)27-14-12-26(13-15-27)19-7-9-20(28-2)10-8-19/h6-11,16H,5,12-15,17H2,1-4H3,(H,24,25). The summed E-state index contributed by atoms with van der Waals surface area (Å²) in [5, 5.41) is 3.43. The zero-order valence-corrected chi connectivity index (χ0v) is 18.4. The lowest BCUT2D eigenvalue weighted by molar-refractivity contribution is 0.354. The van der Waals surface area contributed by atoms with Gasteiger partial charge in [-0.05, 0) is 48.9 Å². The fraction of sp³-hybridized carbons (Fsp3) is 0.435. The van der Waals surface area contributed by atoms with Crippen LogP contribution in [0.5, 0.6) is 17.2 Å². The average molecular weight is 413 g/mol. The summed E-state index contributed by atoms with van der Waals surface area (Å²) in [7, 11) is 4.99. The summed E-state index contributed by atoms with van der Waals surface area (Å²) < 4.78 is 16.0. The molecule has 7 heteroatoms. The van der Waals surface area contributed by atoms with Crippen LogP contribution in [0.25, 0.3) is 0 Å². The lowest BCUT2D eigenvalue weighted by Gasteiger charge is -2.37. The summed E-state index contributed by atoms with van der Waals surface area (Å²) in [5.41, 5.74) is 2.31. The first-order chi connectivity index (χ1) is 14.7. The second kappa shape index (κ2) is 10.6. The fourth-order valence-corrected chi connectivity index (χ4v) is 3.54. The van der Waals surface area contributed by atoms with Crippen LogP contribution in [0.2, 0.25) is 0 Å². The number of aliphatic imine (C=N–C) groups is 1. The largest absolute Gasteiger partial charge is 0.497 e. The third-order valence-electron chi connectivity index (χ3n) is 5.21. The predicted molar refractivity (Wildman–Crippen MR) is 121 cm³/mol. The second-order valence-electron chi connectivity index (χ2n) is 7.03. The van der Waals surface area contributed by atoms with E-state index in [0.717, 1.165) is 61.5 Å². The fourth-order valence-electron chi connectivity index (χ4n) is 3.54. The minimum absolute atomic E-state index is 0.585. The Morgan fingerprint density at radius 2 is 1.60 bits per heavy atom. The number of piperazine rings is 1. The van der Waals surface area contributed by atoms with Crippen molar-refractivity contribution in [1.82, 2.24) is 10.2 Å². The highest BCUT2D eigenvalue weighted by molar-refractivity contribution is 5.80. The number of ether oxygens (including phenoxy) is 3. The Labute approximate surface area is 179 Å². The van der Waals surface area contributed by atoms with Gasteiger partial charge in [-0.1, -0.05) is 6.07 Å². The molecule has 0 spiro atoms. The maximum Gasteiger partial charge on any atom is 0.194 e. The molecule has 162 valence electrons. The molecule has 0 bridgehead atoms. The van der Waals surface area contributed by atoms with Crippen LogP contribution in [0.15, 0.2) is 47.5 Å². The Hall–Kier alpha value is -3.09. The number of anilines is 1. The normalized spacial score (nSPS) is 14.5. The van der Waals surface area contributed by atoms with Gasteiger partial charge in [0.1, 0.15) is 5.75 Å². The number of guanidine groups is 1. The van der Waals surface area contributed by atoms with E-state index < -0.39 is 0 Å². The van der Waals surface area contributed by atoms with E-state index in [1.165, 1.54) is 5.69 Å². The van der Waals surface area contributed by atoms with Crippen LogP contribution >= 0.6 is 0 Å². The summed E-state index contributed by atoms with van der Waals surface area (Å²) >= 11 is 0. The summed E-state index contributed by atoms with van der Waals surface area (Å²) in [6.45, 7) is 7.26. The van der Waals surface area contributed by atoms with Gasteiger partial charge in [0.15, 0.2) is 17.5 Å². The van der Waals surface area contributed by atoms with Crippen molar-refractivity contribution in [2.75, 3.05) is 59.0 Å². The Morgan fingerprint density at radius 3 is 2.20 bits per heavy atom. The molecule has 1 N–H and O–H groups in total. The molecule has 0 radical (unpaired) electrons. The van der Waals surface area contributed by atoms with Gasteiger partial charge in [0.2, 0.25) is 0 Å². The van der Waals surface area contributed by atoms with E-state index in [9.17, 15) is 0 Å². The minimum atomic E-state index is 0.585. The SMILES string of the molecule is CCNC(=NCc1ccc(OC)c(OC)c1)N1CCN(c2ccc(OC)cc2)CC1. The number of benzene rings is 2. The van der Waals surface area contributed by atoms with Crippen LogP contribution in [0, 0.1) is 0 Å². The van der Waals surface area contributed by atoms with Crippen molar-refractivity contribution in [2.45, 2.75) is 13.5 Å². The number of rotatable bonds is 7. The van der Waals surface area contributed by atoms with Crippen LogP contribution in [0.1, 0.15) is 12.5 Å². The lowest BCUT2D eigenvalue weighted by atomic mass is 10.2. The molecule has 1 aliphatic rings. The van der Waals surface area contributed by atoms with Crippen molar-refractivity contribution in [3.05, 3.63) is 48.0 Å². The van der Waals surface area contributed by atoms with Gasteiger partial charge in [0.05, 0.1) is 27.9 Å². The van der Waals surface area contributed by atoms with Crippen molar-refractivity contribution in [1.29, 1.82) is 0 Å². The third-order valence-corrected chi connectivity index (χ3v) is 5.21. The van der Waals surface area contributed by atoms with Crippen molar-refractivity contribution in [2.24, 2.45) is 4.99 Å². The van der Waals surface area contributed by atoms with Gasteiger partial charge in [-0.2, -0.15) is 0 Å². The van der Waals surface area contributed by atoms with Crippen molar-refractivity contribution in [3.8, 4) is 17.2 Å². The van der Waals surface area contributed by atoms with Crippen LogP contribution in [-0.2, 0) is 6.54 Å². The Balaban J connectivity index is 1.63. The minimum Gasteiger partial charge on any atom is -0.497 e. The van der Waals surface area contributed by atoms with Gasteiger partial charge in [-0.15, -0.1) is 0 Å². The molecule has 0 atom stereocenters. The highest BCUT2D eigenvalue weighted by Gasteiger charge is 2.20. The lowest BCUT2D eigenvalue weighted by Crippen LogP contribution is -2.52. The smallest absolute Gasteiger partial charge is 0.194 e. The van der Waals surface area contributed by atoms with Crippen LogP contribution in [-0.4, -0.2) is 64.9 Å². The Morgan fingerprint density at radius 1 is 0.900 bits per heavy atom. The van der Waals surface area contributed by atoms with E-state index >= 15 is 0 Å². The van der Waals surface area contributed by atoms with Gasteiger partial charge < -0.3 is 29.3 Å². The molecule has 1 aliphatic heterocycles. The van der Waals surface area contributed by atoms with Crippen LogP contribution < -0.4 is 24.4 Å². The molecule has 0 amide bonds. The number of methoxy groups -OCH3 is 3. The topological polar surface area (TPSA) is 58.6 Å². The molecule has 30 heavy (non-hydrogen) atoms. The van der Waals surface area contributed by atoms with E-state index in [1.54, 1.807) is 21.3 Å². The number of hydrogen-bond acceptors (Lipinski definition) is 5. The monoisotopic (exact) mass is 412 g/mol. The molecule has 2 aromatic rings. The molecule has 0 saturated carbocycles. The molecular weight excluding hydrogens is 380 g/mol. The molecule has 0 aromatic heterocycles. The van der Waals surface area contributed by atoms with Crippen LogP contribution in [0.4, 0.5) is 5.69 Å². The van der Waals surface area contributed by atoms with Gasteiger partial charge in [-0.25, -0.2) is 4.99 Å². The van der Waals surface area contributed by atoms with Crippen molar-refractivity contribution in [3.63, 3.8) is 0 Å². The second-order valence-corrected chi connectivity index (χ2v) is 7.03. The molecule has 2 aromatic carbocycles. The molecular formula is C23H32N4O3. The van der Waals surface area contributed by atoms with Gasteiger partial charge in [0.25, 0.3) is 0 Å². The van der Waals surface area contributed by atoms with Crippen molar-refractivity contribution >= 4 is 11.6 Å². The third kappa shape index (κ3) is 5.28. The van der Waals surface area contributed by atoms with Gasteiger partial charge >= 0.3 is 0 Å².